The van der Waals surface area contributed by atoms with Gasteiger partial charge in [-0.05, 0) is 43.3 Å². The highest BCUT2D eigenvalue weighted by molar-refractivity contribution is 7.80. The zero-order valence-corrected chi connectivity index (χ0v) is 11.1. The normalized spacial score (nSPS) is 10.1. The minimum absolute atomic E-state index is 0.402. The molecule has 92 valence electrons. The fourth-order valence-electron chi connectivity index (χ4n) is 1.55. The molecule has 5 heteroatoms. The first kappa shape index (κ1) is 12.4. The van der Waals surface area contributed by atoms with Crippen LogP contribution in [0.15, 0.2) is 36.4 Å². The maximum atomic E-state index is 5.56. The summed E-state index contributed by atoms with van der Waals surface area (Å²) in [5, 5.41) is 8.18. The number of aryl methyl sites for hydroxylation is 1. The molecule has 0 aliphatic carbocycles. The molecule has 0 unspecified atom stereocenters. The van der Waals surface area contributed by atoms with E-state index in [0.717, 1.165) is 22.8 Å². The van der Waals surface area contributed by atoms with Crippen LogP contribution in [0, 0.1) is 6.92 Å². The summed E-state index contributed by atoms with van der Waals surface area (Å²) in [6, 6.07) is 11.6. The van der Waals surface area contributed by atoms with Crippen LogP contribution in [0.2, 0.25) is 0 Å². The molecule has 0 saturated heterocycles. The molecule has 0 aliphatic rings. The lowest BCUT2D eigenvalue weighted by molar-refractivity contribution is 0.951. The topological polar surface area (TPSA) is 55.0 Å². The monoisotopic (exact) mass is 258 g/mol. The van der Waals surface area contributed by atoms with Crippen LogP contribution in [0.25, 0.3) is 0 Å². The van der Waals surface area contributed by atoms with E-state index in [1.165, 1.54) is 0 Å². The van der Waals surface area contributed by atoms with Gasteiger partial charge in [0.25, 0.3) is 0 Å². The molecule has 0 atom stereocenters. The molecule has 0 fully saturated rings. The highest BCUT2D eigenvalue weighted by Crippen LogP contribution is 2.21. The highest BCUT2D eigenvalue weighted by Gasteiger charge is 2.06. The zero-order chi connectivity index (χ0) is 13.1. The van der Waals surface area contributed by atoms with Crippen molar-refractivity contribution in [2.24, 2.45) is 5.73 Å². The summed E-state index contributed by atoms with van der Waals surface area (Å²) in [5.74, 6) is 0.795. The number of aromatic nitrogens is 2. The second-order valence-electron chi connectivity index (χ2n) is 4.00. The smallest absolute Gasteiger partial charge is 0.155 e. The lowest BCUT2D eigenvalue weighted by atomic mass is 10.2. The van der Waals surface area contributed by atoms with Crippen LogP contribution in [0.4, 0.5) is 11.5 Å². The number of nitrogens with zero attached hydrogens (tertiary/aromatic N) is 3. The predicted molar refractivity (Wildman–Crippen MR) is 77.2 cm³/mol. The maximum Gasteiger partial charge on any atom is 0.155 e. The third-order valence-corrected chi connectivity index (χ3v) is 2.90. The van der Waals surface area contributed by atoms with Gasteiger partial charge in [0.2, 0.25) is 0 Å². The van der Waals surface area contributed by atoms with Gasteiger partial charge in [0, 0.05) is 18.3 Å². The number of hydrogen-bond acceptors (Lipinski definition) is 4. The lowest BCUT2D eigenvalue weighted by Crippen LogP contribution is -2.13. The average Bonchev–Trinajstić information content (AvgIpc) is 2.39. The van der Waals surface area contributed by atoms with Crippen LogP contribution < -0.4 is 10.6 Å². The van der Waals surface area contributed by atoms with Crippen LogP contribution in [0.3, 0.4) is 0 Å². The van der Waals surface area contributed by atoms with Gasteiger partial charge in [-0.2, -0.15) is 5.10 Å². The van der Waals surface area contributed by atoms with Gasteiger partial charge >= 0.3 is 0 Å². The summed E-state index contributed by atoms with van der Waals surface area (Å²) in [7, 11) is 1.94. The van der Waals surface area contributed by atoms with Crippen LogP contribution in [0.1, 0.15) is 11.3 Å². The molecule has 0 aliphatic heterocycles. The molecular formula is C13H14N4S. The van der Waals surface area contributed by atoms with Gasteiger partial charge in [-0.1, -0.05) is 12.2 Å². The second-order valence-corrected chi connectivity index (χ2v) is 4.44. The molecule has 2 N–H and O–H groups in total. The molecule has 0 spiro atoms. The third kappa shape index (κ3) is 2.62. The third-order valence-electron chi connectivity index (χ3n) is 2.67. The van der Waals surface area contributed by atoms with Crippen LogP contribution in [0.5, 0.6) is 0 Å². The second kappa shape index (κ2) is 5.10. The minimum atomic E-state index is 0.402. The number of rotatable bonds is 3. The maximum absolute atomic E-state index is 5.56. The lowest BCUT2D eigenvalue weighted by Gasteiger charge is -2.17. The van der Waals surface area contributed by atoms with Gasteiger partial charge in [0.1, 0.15) is 4.99 Å². The van der Waals surface area contributed by atoms with E-state index in [1.807, 2.05) is 55.3 Å². The summed E-state index contributed by atoms with van der Waals surface area (Å²) in [5.41, 5.74) is 8.33. The van der Waals surface area contributed by atoms with Crippen molar-refractivity contribution in [2.75, 3.05) is 11.9 Å². The molecule has 0 bridgehead atoms. The Labute approximate surface area is 111 Å². The van der Waals surface area contributed by atoms with Crippen molar-refractivity contribution in [3.05, 3.63) is 47.7 Å². The molecule has 0 amide bonds. The first-order chi connectivity index (χ1) is 8.58. The Kier molecular flexibility index (Phi) is 3.53. The summed E-state index contributed by atoms with van der Waals surface area (Å²) in [4.78, 5) is 2.36. The van der Waals surface area contributed by atoms with Crippen molar-refractivity contribution in [3.8, 4) is 0 Å². The molecular weight excluding hydrogens is 244 g/mol. The van der Waals surface area contributed by atoms with E-state index >= 15 is 0 Å². The van der Waals surface area contributed by atoms with E-state index < -0.39 is 0 Å². The number of anilines is 2. The molecule has 4 nitrogen and oxygen atoms in total. The van der Waals surface area contributed by atoms with Gasteiger partial charge in [-0.3, -0.25) is 0 Å². The van der Waals surface area contributed by atoms with Crippen molar-refractivity contribution in [2.45, 2.75) is 6.92 Å². The molecule has 0 saturated carbocycles. The molecule has 1 aromatic heterocycles. The van der Waals surface area contributed by atoms with Crippen molar-refractivity contribution < 1.29 is 0 Å². The number of hydrogen-bond donors (Lipinski definition) is 1. The summed E-state index contributed by atoms with van der Waals surface area (Å²) >= 11 is 4.92. The Bertz CT molecular complexity index is 548. The largest absolute Gasteiger partial charge is 0.389 e. The fraction of sp³-hybridized carbons (Fsp3) is 0.154. The molecule has 2 aromatic rings. The first-order valence-electron chi connectivity index (χ1n) is 5.52. The van der Waals surface area contributed by atoms with Crippen molar-refractivity contribution >= 4 is 28.7 Å². The van der Waals surface area contributed by atoms with E-state index in [-0.39, 0.29) is 0 Å². The van der Waals surface area contributed by atoms with Crippen LogP contribution in [-0.4, -0.2) is 22.2 Å². The highest BCUT2D eigenvalue weighted by atomic mass is 32.1. The molecule has 18 heavy (non-hydrogen) atoms. The van der Waals surface area contributed by atoms with E-state index in [4.69, 9.17) is 18.0 Å². The van der Waals surface area contributed by atoms with Gasteiger partial charge in [0.15, 0.2) is 5.82 Å². The number of benzene rings is 1. The molecule has 0 radical (unpaired) electrons. The Balaban J connectivity index is 2.25. The van der Waals surface area contributed by atoms with E-state index in [0.29, 0.717) is 4.99 Å². The van der Waals surface area contributed by atoms with Gasteiger partial charge in [0.05, 0.1) is 5.69 Å². The zero-order valence-electron chi connectivity index (χ0n) is 10.3. The summed E-state index contributed by atoms with van der Waals surface area (Å²) < 4.78 is 0. The van der Waals surface area contributed by atoms with Crippen molar-refractivity contribution in [1.82, 2.24) is 10.2 Å². The standard InChI is InChI=1S/C13H14N4S/c1-9-3-8-12(16-15-9)17(2)11-6-4-10(5-7-11)13(14)18/h3-8H,1-2H3,(H2,14,18). The average molecular weight is 258 g/mol. The van der Waals surface area contributed by atoms with Gasteiger partial charge in [-0.25, -0.2) is 0 Å². The van der Waals surface area contributed by atoms with Gasteiger partial charge < -0.3 is 10.6 Å². The Morgan fingerprint density at radius 1 is 1.11 bits per heavy atom. The molecule has 1 aromatic carbocycles. The quantitative estimate of drug-likeness (QED) is 0.855. The summed E-state index contributed by atoms with van der Waals surface area (Å²) in [6.07, 6.45) is 0. The fourth-order valence-corrected chi connectivity index (χ4v) is 1.69. The first-order valence-corrected chi connectivity index (χ1v) is 5.92. The van der Waals surface area contributed by atoms with Gasteiger partial charge in [-0.15, -0.1) is 5.10 Å². The van der Waals surface area contributed by atoms with E-state index in [9.17, 15) is 0 Å². The Morgan fingerprint density at radius 3 is 2.28 bits per heavy atom. The SMILES string of the molecule is Cc1ccc(N(C)c2ccc(C(N)=S)cc2)nn1. The predicted octanol–water partition coefficient (Wildman–Crippen LogP) is 2.19. The van der Waals surface area contributed by atoms with Crippen LogP contribution >= 0.6 is 12.2 Å². The molecule has 1 heterocycles. The number of thiocarbonyl (C=S) groups is 1. The van der Waals surface area contributed by atoms with Crippen molar-refractivity contribution in [3.63, 3.8) is 0 Å². The number of nitrogens with two attached hydrogens (primary N) is 1. The Morgan fingerprint density at radius 2 is 1.78 bits per heavy atom. The minimum Gasteiger partial charge on any atom is -0.389 e. The van der Waals surface area contributed by atoms with E-state index in [2.05, 4.69) is 10.2 Å². The van der Waals surface area contributed by atoms with Crippen molar-refractivity contribution in [1.29, 1.82) is 0 Å². The molecule has 2 rings (SSSR count). The van der Waals surface area contributed by atoms with Crippen LogP contribution in [-0.2, 0) is 0 Å². The summed E-state index contributed by atoms with van der Waals surface area (Å²) in [6.45, 7) is 1.91. The Hall–Kier alpha value is -2.01. The van der Waals surface area contributed by atoms with E-state index in [1.54, 1.807) is 0 Å².